The van der Waals surface area contributed by atoms with Crippen LogP contribution >= 0.6 is 0 Å². The van der Waals surface area contributed by atoms with Gasteiger partial charge in [0.2, 0.25) is 5.88 Å². The number of aromatic nitrogens is 4. The molecule has 3 aromatic heterocycles. The lowest BCUT2D eigenvalue weighted by atomic mass is 10.0. The first kappa shape index (κ1) is 19.9. The van der Waals surface area contributed by atoms with Crippen molar-refractivity contribution in [3.63, 3.8) is 0 Å². The summed E-state index contributed by atoms with van der Waals surface area (Å²) in [6.45, 7) is 7.37. The van der Waals surface area contributed by atoms with Gasteiger partial charge in [-0.25, -0.2) is 4.98 Å². The summed E-state index contributed by atoms with van der Waals surface area (Å²) < 4.78 is 13.7. The van der Waals surface area contributed by atoms with Crippen LogP contribution in [0.5, 0.6) is 5.88 Å². The molecule has 1 fully saturated rings. The SMILES string of the molecule is CC(C)Cn1cc(-c2cc(C3=NCc4ccnc(OC5CCOCC5)c43)ccn2)cn1. The lowest BCUT2D eigenvalue weighted by Crippen LogP contribution is -2.27. The van der Waals surface area contributed by atoms with E-state index >= 15 is 0 Å². The normalized spacial score (nSPS) is 16.4. The second-order valence-electron chi connectivity index (χ2n) is 8.52. The van der Waals surface area contributed by atoms with Crippen LogP contribution in [0.1, 0.15) is 43.4 Å². The fourth-order valence-electron chi connectivity index (χ4n) is 4.09. The molecule has 5 rings (SSSR count). The summed E-state index contributed by atoms with van der Waals surface area (Å²) >= 11 is 0. The van der Waals surface area contributed by atoms with E-state index in [2.05, 4.69) is 41.2 Å². The smallest absolute Gasteiger partial charge is 0.223 e. The van der Waals surface area contributed by atoms with E-state index in [0.29, 0.717) is 18.3 Å². The number of hydrogen-bond acceptors (Lipinski definition) is 6. The maximum atomic E-state index is 6.30. The molecular weight excluding hydrogens is 390 g/mol. The molecule has 160 valence electrons. The summed E-state index contributed by atoms with van der Waals surface area (Å²) in [5.74, 6) is 1.21. The zero-order valence-electron chi connectivity index (χ0n) is 18.0. The van der Waals surface area contributed by atoms with E-state index in [1.165, 1.54) is 0 Å². The Balaban J connectivity index is 1.44. The van der Waals surface area contributed by atoms with Crippen LogP contribution in [0.2, 0.25) is 0 Å². The third-order valence-electron chi connectivity index (χ3n) is 5.61. The van der Waals surface area contributed by atoms with E-state index < -0.39 is 0 Å². The Morgan fingerprint density at radius 3 is 2.81 bits per heavy atom. The maximum Gasteiger partial charge on any atom is 0.223 e. The molecule has 0 aliphatic carbocycles. The number of pyridine rings is 2. The molecule has 31 heavy (non-hydrogen) atoms. The van der Waals surface area contributed by atoms with Gasteiger partial charge in [0.15, 0.2) is 0 Å². The third-order valence-corrected chi connectivity index (χ3v) is 5.61. The summed E-state index contributed by atoms with van der Waals surface area (Å²) in [5.41, 5.74) is 5.98. The topological polar surface area (TPSA) is 74.4 Å². The van der Waals surface area contributed by atoms with Gasteiger partial charge in [0.25, 0.3) is 0 Å². The van der Waals surface area contributed by atoms with Crippen molar-refractivity contribution in [1.82, 2.24) is 19.7 Å². The van der Waals surface area contributed by atoms with Gasteiger partial charge in [-0.2, -0.15) is 5.10 Å². The van der Waals surface area contributed by atoms with Crippen LogP contribution in [0, 0.1) is 5.92 Å². The molecule has 0 N–H and O–H groups in total. The fourth-order valence-corrected chi connectivity index (χ4v) is 4.09. The second kappa shape index (κ2) is 8.59. The van der Waals surface area contributed by atoms with Crippen LogP contribution in [0.15, 0.2) is 48.0 Å². The highest BCUT2D eigenvalue weighted by Crippen LogP contribution is 2.32. The van der Waals surface area contributed by atoms with Crippen molar-refractivity contribution in [3.05, 3.63) is 59.7 Å². The minimum absolute atomic E-state index is 0.134. The molecule has 7 heteroatoms. The highest BCUT2D eigenvalue weighted by Gasteiger charge is 2.26. The Labute approximate surface area is 182 Å². The van der Waals surface area contributed by atoms with Gasteiger partial charge in [-0.1, -0.05) is 13.8 Å². The molecule has 0 aromatic carbocycles. The summed E-state index contributed by atoms with van der Waals surface area (Å²) in [6, 6.07) is 6.11. The Bertz CT molecular complexity index is 1100. The molecule has 3 aromatic rings. The average molecular weight is 418 g/mol. The summed E-state index contributed by atoms with van der Waals surface area (Å²) in [5, 5.41) is 4.48. The van der Waals surface area contributed by atoms with Crippen molar-refractivity contribution < 1.29 is 9.47 Å². The van der Waals surface area contributed by atoms with E-state index in [9.17, 15) is 0 Å². The maximum absolute atomic E-state index is 6.30. The average Bonchev–Trinajstić information content (AvgIpc) is 3.42. The number of fused-ring (bicyclic) bond motifs is 1. The summed E-state index contributed by atoms with van der Waals surface area (Å²) in [4.78, 5) is 14.0. The van der Waals surface area contributed by atoms with E-state index in [1.54, 1.807) is 0 Å². The van der Waals surface area contributed by atoms with Crippen molar-refractivity contribution in [2.75, 3.05) is 13.2 Å². The predicted molar refractivity (Wildman–Crippen MR) is 118 cm³/mol. The van der Waals surface area contributed by atoms with Crippen LogP contribution in [0.3, 0.4) is 0 Å². The number of hydrogen-bond donors (Lipinski definition) is 0. The predicted octanol–water partition coefficient (Wildman–Crippen LogP) is 3.90. The van der Waals surface area contributed by atoms with Gasteiger partial charge in [-0.3, -0.25) is 14.7 Å². The molecule has 7 nitrogen and oxygen atoms in total. The minimum atomic E-state index is 0.134. The van der Waals surface area contributed by atoms with E-state index in [-0.39, 0.29) is 6.10 Å². The highest BCUT2D eigenvalue weighted by atomic mass is 16.5. The van der Waals surface area contributed by atoms with Gasteiger partial charge >= 0.3 is 0 Å². The van der Waals surface area contributed by atoms with Crippen LogP contribution in [-0.4, -0.2) is 44.8 Å². The molecule has 0 amide bonds. The quantitative estimate of drug-likeness (QED) is 0.608. The van der Waals surface area contributed by atoms with Crippen LogP contribution < -0.4 is 4.74 Å². The van der Waals surface area contributed by atoms with Gasteiger partial charge in [-0.05, 0) is 29.7 Å². The highest BCUT2D eigenvalue weighted by molar-refractivity contribution is 6.16. The van der Waals surface area contributed by atoms with Crippen molar-refractivity contribution >= 4 is 5.71 Å². The first-order chi connectivity index (χ1) is 15.2. The molecule has 0 bridgehead atoms. The van der Waals surface area contributed by atoms with Gasteiger partial charge in [0.05, 0.1) is 42.9 Å². The lowest BCUT2D eigenvalue weighted by molar-refractivity contribution is 0.0236. The van der Waals surface area contributed by atoms with Gasteiger partial charge in [0.1, 0.15) is 6.10 Å². The minimum Gasteiger partial charge on any atom is -0.474 e. The van der Waals surface area contributed by atoms with Gasteiger partial charge in [0, 0.05) is 49.1 Å². The Kier molecular flexibility index (Phi) is 5.51. The van der Waals surface area contributed by atoms with Gasteiger partial charge < -0.3 is 9.47 Å². The molecule has 2 aliphatic heterocycles. The number of rotatable bonds is 6. The Morgan fingerprint density at radius 1 is 1.13 bits per heavy atom. The molecule has 0 unspecified atom stereocenters. The largest absolute Gasteiger partial charge is 0.474 e. The monoisotopic (exact) mass is 417 g/mol. The van der Waals surface area contributed by atoms with E-state index in [0.717, 1.165) is 66.3 Å². The van der Waals surface area contributed by atoms with Crippen molar-refractivity contribution in [2.45, 2.75) is 45.9 Å². The number of ether oxygens (including phenoxy) is 2. The van der Waals surface area contributed by atoms with Crippen LogP contribution in [0.4, 0.5) is 0 Å². The van der Waals surface area contributed by atoms with E-state index in [1.807, 2.05) is 35.4 Å². The Morgan fingerprint density at radius 2 is 1.97 bits per heavy atom. The van der Waals surface area contributed by atoms with Crippen molar-refractivity contribution in [3.8, 4) is 17.1 Å². The summed E-state index contributed by atoms with van der Waals surface area (Å²) in [7, 11) is 0. The third kappa shape index (κ3) is 4.23. The van der Waals surface area contributed by atoms with Crippen molar-refractivity contribution in [1.29, 1.82) is 0 Å². The lowest BCUT2D eigenvalue weighted by Gasteiger charge is -2.24. The molecular formula is C24H27N5O2. The number of nitrogens with zero attached hydrogens (tertiary/aromatic N) is 5. The molecule has 0 spiro atoms. The zero-order chi connectivity index (χ0) is 21.2. The number of aliphatic imine (C=N–C) groups is 1. The summed E-state index contributed by atoms with van der Waals surface area (Å²) in [6.07, 6.45) is 9.48. The molecule has 1 saturated heterocycles. The molecule has 0 atom stereocenters. The fraction of sp³-hybridized carbons (Fsp3) is 0.417. The second-order valence-corrected chi connectivity index (χ2v) is 8.52. The molecule has 0 radical (unpaired) electrons. The van der Waals surface area contributed by atoms with E-state index in [4.69, 9.17) is 14.5 Å². The first-order valence-electron chi connectivity index (χ1n) is 10.9. The van der Waals surface area contributed by atoms with Crippen molar-refractivity contribution in [2.24, 2.45) is 10.9 Å². The standard InChI is InChI=1S/C24H27N5O2/c1-16(2)14-29-15-19(13-28-29)21-11-17(3-7-25-21)23-22-18(12-27-23)4-8-26-24(22)31-20-5-9-30-10-6-20/h3-4,7-8,11,13,15-16,20H,5-6,9-10,12,14H2,1-2H3. The van der Waals surface area contributed by atoms with Crippen LogP contribution in [0.25, 0.3) is 11.3 Å². The molecule has 5 heterocycles. The molecule has 2 aliphatic rings. The van der Waals surface area contributed by atoms with Gasteiger partial charge in [-0.15, -0.1) is 0 Å². The Hall–Kier alpha value is -3.06. The first-order valence-corrected chi connectivity index (χ1v) is 10.9. The zero-order valence-corrected chi connectivity index (χ0v) is 18.0. The van der Waals surface area contributed by atoms with Crippen LogP contribution in [-0.2, 0) is 17.8 Å². The molecule has 0 saturated carbocycles.